The molecule has 4 rings (SSSR count). The lowest BCUT2D eigenvalue weighted by Gasteiger charge is -2.07. The molecular formula is C20H15N5OS. The van der Waals surface area contributed by atoms with Gasteiger partial charge in [0, 0.05) is 23.0 Å². The Morgan fingerprint density at radius 3 is 2.74 bits per heavy atom. The minimum atomic E-state index is 0.116. The molecule has 6 nitrogen and oxygen atoms in total. The standard InChI is InChI=1S/C20H15N5OS/c21-12-15-18(17-11-13-5-1-2-7-16(13)26-17)24-20(22)25-19(15)27-10-8-14-6-3-4-9-23-14/h1-7,9,11H,8,10H2,(H2,22,24,25). The van der Waals surface area contributed by atoms with E-state index in [0.29, 0.717) is 22.0 Å². The van der Waals surface area contributed by atoms with Crippen molar-refractivity contribution < 1.29 is 4.42 Å². The molecule has 4 aromatic rings. The van der Waals surface area contributed by atoms with E-state index in [2.05, 4.69) is 21.0 Å². The summed E-state index contributed by atoms with van der Waals surface area (Å²) < 4.78 is 5.86. The van der Waals surface area contributed by atoms with E-state index in [4.69, 9.17) is 10.2 Å². The van der Waals surface area contributed by atoms with E-state index < -0.39 is 0 Å². The number of benzene rings is 1. The number of nitriles is 1. The summed E-state index contributed by atoms with van der Waals surface area (Å²) >= 11 is 1.46. The van der Waals surface area contributed by atoms with Crippen LogP contribution in [0.2, 0.25) is 0 Å². The summed E-state index contributed by atoms with van der Waals surface area (Å²) in [6.07, 6.45) is 2.53. The van der Waals surface area contributed by atoms with Gasteiger partial charge in [-0.05, 0) is 30.7 Å². The zero-order chi connectivity index (χ0) is 18.6. The highest BCUT2D eigenvalue weighted by molar-refractivity contribution is 7.99. The highest BCUT2D eigenvalue weighted by Gasteiger charge is 2.18. The molecule has 0 unspecified atom stereocenters. The van der Waals surface area contributed by atoms with Crippen molar-refractivity contribution in [2.45, 2.75) is 11.4 Å². The Balaban J connectivity index is 1.65. The molecular weight excluding hydrogens is 358 g/mol. The molecule has 1 aromatic carbocycles. The van der Waals surface area contributed by atoms with Gasteiger partial charge in [0.1, 0.15) is 27.9 Å². The van der Waals surface area contributed by atoms with E-state index in [-0.39, 0.29) is 5.95 Å². The number of rotatable bonds is 5. The number of pyridine rings is 1. The van der Waals surface area contributed by atoms with Crippen LogP contribution in [0.4, 0.5) is 5.95 Å². The molecule has 0 radical (unpaired) electrons. The fraction of sp³-hybridized carbons (Fsp3) is 0.100. The van der Waals surface area contributed by atoms with Crippen molar-refractivity contribution >= 4 is 28.7 Å². The van der Waals surface area contributed by atoms with Gasteiger partial charge < -0.3 is 10.2 Å². The molecule has 0 aliphatic rings. The number of thioether (sulfide) groups is 1. The van der Waals surface area contributed by atoms with E-state index in [9.17, 15) is 5.26 Å². The second-order valence-electron chi connectivity index (χ2n) is 5.79. The monoisotopic (exact) mass is 373 g/mol. The Bertz CT molecular complexity index is 1100. The zero-order valence-electron chi connectivity index (χ0n) is 14.3. The van der Waals surface area contributed by atoms with Gasteiger partial charge >= 0.3 is 0 Å². The zero-order valence-corrected chi connectivity index (χ0v) is 15.1. The van der Waals surface area contributed by atoms with Crippen LogP contribution in [0.1, 0.15) is 11.3 Å². The molecule has 7 heteroatoms. The third-order valence-electron chi connectivity index (χ3n) is 3.99. The predicted octanol–water partition coefficient (Wildman–Crippen LogP) is 4.07. The second-order valence-corrected chi connectivity index (χ2v) is 6.87. The van der Waals surface area contributed by atoms with Gasteiger partial charge in [0.2, 0.25) is 5.95 Å². The average Bonchev–Trinajstić information content (AvgIpc) is 3.12. The lowest BCUT2D eigenvalue weighted by atomic mass is 10.2. The van der Waals surface area contributed by atoms with Crippen LogP contribution in [0.3, 0.4) is 0 Å². The smallest absolute Gasteiger partial charge is 0.221 e. The molecule has 0 amide bonds. The van der Waals surface area contributed by atoms with Crippen molar-refractivity contribution in [3.05, 3.63) is 66.0 Å². The van der Waals surface area contributed by atoms with Gasteiger partial charge in [-0.25, -0.2) is 9.97 Å². The lowest BCUT2D eigenvalue weighted by Crippen LogP contribution is -2.03. The Morgan fingerprint density at radius 2 is 1.96 bits per heavy atom. The van der Waals surface area contributed by atoms with Crippen LogP contribution in [0.5, 0.6) is 0 Å². The number of fused-ring (bicyclic) bond motifs is 1. The molecule has 0 saturated heterocycles. The lowest BCUT2D eigenvalue weighted by molar-refractivity contribution is 0.627. The van der Waals surface area contributed by atoms with Crippen molar-refractivity contribution in [3.63, 3.8) is 0 Å². The van der Waals surface area contributed by atoms with Crippen molar-refractivity contribution in [3.8, 4) is 17.5 Å². The van der Waals surface area contributed by atoms with E-state index >= 15 is 0 Å². The van der Waals surface area contributed by atoms with E-state index in [1.165, 1.54) is 11.8 Å². The number of hydrogen-bond acceptors (Lipinski definition) is 7. The fourth-order valence-corrected chi connectivity index (χ4v) is 3.69. The first-order chi connectivity index (χ1) is 13.2. The van der Waals surface area contributed by atoms with Crippen LogP contribution in [0.25, 0.3) is 22.4 Å². The molecule has 0 aliphatic heterocycles. The molecule has 0 bridgehead atoms. The topological polar surface area (TPSA) is 102 Å². The predicted molar refractivity (Wildman–Crippen MR) is 105 cm³/mol. The molecule has 2 N–H and O–H groups in total. The fourth-order valence-electron chi connectivity index (χ4n) is 2.74. The number of nitrogens with zero attached hydrogens (tertiary/aromatic N) is 4. The highest BCUT2D eigenvalue weighted by Crippen LogP contribution is 2.33. The maximum absolute atomic E-state index is 9.70. The van der Waals surface area contributed by atoms with Gasteiger partial charge in [0.05, 0.1) is 0 Å². The molecule has 3 heterocycles. The summed E-state index contributed by atoms with van der Waals surface area (Å²) in [7, 11) is 0. The number of aryl methyl sites for hydroxylation is 1. The quantitative estimate of drug-likeness (QED) is 0.415. The average molecular weight is 373 g/mol. The number of para-hydroxylation sites is 1. The summed E-state index contributed by atoms with van der Waals surface area (Å²) in [4.78, 5) is 12.8. The summed E-state index contributed by atoms with van der Waals surface area (Å²) in [5.74, 6) is 1.35. The van der Waals surface area contributed by atoms with Crippen molar-refractivity contribution in [2.24, 2.45) is 0 Å². The Kier molecular flexibility index (Phi) is 4.73. The molecule has 0 fully saturated rings. The number of furan rings is 1. The molecule has 27 heavy (non-hydrogen) atoms. The van der Waals surface area contributed by atoms with Crippen LogP contribution >= 0.6 is 11.8 Å². The van der Waals surface area contributed by atoms with E-state index in [1.54, 1.807) is 6.20 Å². The number of anilines is 1. The molecule has 0 aliphatic carbocycles. The first-order valence-corrected chi connectivity index (χ1v) is 9.32. The summed E-state index contributed by atoms with van der Waals surface area (Å²) in [5, 5.41) is 11.2. The van der Waals surface area contributed by atoms with Gasteiger partial charge in [-0.15, -0.1) is 11.8 Å². The molecule has 0 saturated carbocycles. The van der Waals surface area contributed by atoms with Crippen LogP contribution in [-0.2, 0) is 6.42 Å². The van der Waals surface area contributed by atoms with Crippen molar-refractivity contribution in [1.29, 1.82) is 5.26 Å². The van der Waals surface area contributed by atoms with E-state index in [1.807, 2.05) is 48.5 Å². The maximum Gasteiger partial charge on any atom is 0.221 e. The van der Waals surface area contributed by atoms with Crippen LogP contribution in [0.15, 0.2) is 64.2 Å². The SMILES string of the molecule is N#Cc1c(SCCc2ccccn2)nc(N)nc1-c1cc2ccccc2o1. The molecule has 132 valence electrons. The van der Waals surface area contributed by atoms with Crippen LogP contribution in [0, 0.1) is 11.3 Å². The van der Waals surface area contributed by atoms with E-state index in [0.717, 1.165) is 28.8 Å². The van der Waals surface area contributed by atoms with Gasteiger partial charge in [-0.2, -0.15) is 5.26 Å². The molecule has 0 atom stereocenters. The Morgan fingerprint density at radius 1 is 1.11 bits per heavy atom. The van der Waals surface area contributed by atoms with Crippen molar-refractivity contribution in [2.75, 3.05) is 11.5 Å². The number of nitrogens with two attached hydrogens (primary N) is 1. The van der Waals surface area contributed by atoms with Gasteiger partial charge in [0.25, 0.3) is 0 Å². The number of nitrogen functional groups attached to an aromatic ring is 1. The van der Waals surface area contributed by atoms with Crippen LogP contribution < -0.4 is 5.73 Å². The minimum absolute atomic E-state index is 0.116. The largest absolute Gasteiger partial charge is 0.454 e. The summed E-state index contributed by atoms with van der Waals surface area (Å²) in [5.41, 5.74) is 8.41. The third-order valence-corrected chi connectivity index (χ3v) is 4.96. The third kappa shape index (κ3) is 3.61. The molecule has 3 aromatic heterocycles. The van der Waals surface area contributed by atoms with Gasteiger partial charge in [-0.3, -0.25) is 4.98 Å². The number of aromatic nitrogens is 3. The van der Waals surface area contributed by atoms with Crippen molar-refractivity contribution in [1.82, 2.24) is 15.0 Å². The maximum atomic E-state index is 9.70. The Hall–Kier alpha value is -3.37. The normalized spacial score (nSPS) is 10.8. The van der Waals surface area contributed by atoms with Crippen LogP contribution in [-0.4, -0.2) is 20.7 Å². The first-order valence-electron chi connectivity index (χ1n) is 8.34. The Labute approximate surface area is 160 Å². The minimum Gasteiger partial charge on any atom is -0.454 e. The van der Waals surface area contributed by atoms with Gasteiger partial charge in [0.15, 0.2) is 5.76 Å². The van der Waals surface area contributed by atoms with Gasteiger partial charge in [-0.1, -0.05) is 24.3 Å². The number of hydrogen-bond donors (Lipinski definition) is 1. The summed E-state index contributed by atoms with van der Waals surface area (Å²) in [6.45, 7) is 0. The molecule has 0 spiro atoms. The summed E-state index contributed by atoms with van der Waals surface area (Å²) in [6, 6.07) is 17.5. The first kappa shape index (κ1) is 17.1. The highest BCUT2D eigenvalue weighted by atomic mass is 32.2. The second kappa shape index (κ2) is 7.48.